The number of unbranched alkanes of at least 4 members (excludes halogenated alkanes) is 1. The first kappa shape index (κ1) is 22.5. The van der Waals surface area contributed by atoms with Crippen molar-refractivity contribution in [2.75, 3.05) is 0 Å². The molecular weight excluding hydrogens is 392 g/mol. The van der Waals surface area contributed by atoms with Crippen LogP contribution in [0.2, 0.25) is 5.02 Å². The molecule has 6 nitrogen and oxygen atoms in total. The molecule has 7 heteroatoms. The number of halogens is 1. The van der Waals surface area contributed by atoms with Gasteiger partial charge in [-0.15, -0.1) is 0 Å². The van der Waals surface area contributed by atoms with Crippen molar-refractivity contribution >= 4 is 17.4 Å². The number of hydrogen-bond donors (Lipinski definition) is 1. The Hall–Kier alpha value is -2.78. The van der Waals surface area contributed by atoms with Crippen molar-refractivity contribution in [3.63, 3.8) is 0 Å². The summed E-state index contributed by atoms with van der Waals surface area (Å²) in [6.07, 6.45) is 0.479. The van der Waals surface area contributed by atoms with Crippen LogP contribution in [-0.2, 0) is 6.54 Å². The number of rotatable bonds is 7. The van der Waals surface area contributed by atoms with E-state index >= 15 is 0 Å². The molecule has 154 valence electrons. The molecule has 2 rings (SSSR count). The summed E-state index contributed by atoms with van der Waals surface area (Å²) >= 11 is 6.17. The summed E-state index contributed by atoms with van der Waals surface area (Å²) in [6.45, 7) is 8.90. The lowest BCUT2D eigenvalue weighted by molar-refractivity contribution is 0.0812. The molecule has 0 amide bonds. The topological polar surface area (TPSA) is 92.3 Å². The molecular formula is C22H25ClN2O4. The zero-order chi connectivity index (χ0) is 21.9. The van der Waals surface area contributed by atoms with E-state index in [9.17, 15) is 20.0 Å². The highest BCUT2D eigenvalue weighted by Crippen LogP contribution is 2.28. The minimum atomic E-state index is -0.941. The third-order valence-electron chi connectivity index (χ3n) is 4.87. The molecule has 0 saturated heterocycles. The standard InChI is InChI=1S/C22H25ClN2O4/c1-6-7-8-25-21(27)17(11-24)14(4)18(22(25)28)20(26)15(5)29-16-9-12(2)19(23)13(3)10-16/h9-10,15,28H,6-8H2,1-5H3. The van der Waals surface area contributed by atoms with Gasteiger partial charge in [0.25, 0.3) is 5.56 Å². The summed E-state index contributed by atoms with van der Waals surface area (Å²) in [4.78, 5) is 25.6. The molecule has 1 aromatic carbocycles. The number of hydrogen-bond acceptors (Lipinski definition) is 5. The van der Waals surface area contributed by atoms with E-state index in [1.807, 2.05) is 26.8 Å². The Morgan fingerprint density at radius 1 is 1.31 bits per heavy atom. The van der Waals surface area contributed by atoms with Crippen LogP contribution in [0.1, 0.15) is 59.3 Å². The summed E-state index contributed by atoms with van der Waals surface area (Å²) < 4.78 is 6.88. The SMILES string of the molecule is CCCCn1c(O)c(C(=O)C(C)Oc2cc(C)c(Cl)c(C)c2)c(C)c(C#N)c1=O. The number of nitriles is 1. The van der Waals surface area contributed by atoms with Crippen molar-refractivity contribution in [1.82, 2.24) is 4.57 Å². The molecule has 0 aliphatic carbocycles. The van der Waals surface area contributed by atoms with Crippen LogP contribution in [0, 0.1) is 32.1 Å². The third-order valence-corrected chi connectivity index (χ3v) is 5.47. The first-order valence-corrected chi connectivity index (χ1v) is 9.85. The summed E-state index contributed by atoms with van der Waals surface area (Å²) in [5.74, 6) is -0.460. The Morgan fingerprint density at radius 3 is 2.41 bits per heavy atom. The van der Waals surface area contributed by atoms with E-state index in [0.717, 1.165) is 22.1 Å². The van der Waals surface area contributed by atoms with Gasteiger partial charge in [-0.05, 0) is 62.9 Å². The molecule has 29 heavy (non-hydrogen) atoms. The molecule has 0 aliphatic rings. The average Bonchev–Trinajstić information content (AvgIpc) is 2.66. The number of nitrogens with zero attached hydrogens (tertiary/aromatic N) is 2. The average molecular weight is 417 g/mol. The Kier molecular flexibility index (Phi) is 7.10. The largest absolute Gasteiger partial charge is 0.494 e. The molecule has 0 saturated carbocycles. The summed E-state index contributed by atoms with van der Waals surface area (Å²) in [5.41, 5.74) is 0.997. The maximum Gasteiger partial charge on any atom is 0.271 e. The first-order chi connectivity index (χ1) is 13.6. The highest BCUT2D eigenvalue weighted by atomic mass is 35.5. The molecule has 2 aromatic rings. The predicted molar refractivity (Wildman–Crippen MR) is 112 cm³/mol. The lowest BCUT2D eigenvalue weighted by atomic mass is 9.99. The molecule has 0 aliphatic heterocycles. The number of aromatic nitrogens is 1. The van der Waals surface area contributed by atoms with Crippen molar-refractivity contribution in [2.45, 2.75) is 60.1 Å². The van der Waals surface area contributed by atoms with Crippen LogP contribution in [-0.4, -0.2) is 21.6 Å². The van der Waals surface area contributed by atoms with E-state index in [2.05, 4.69) is 0 Å². The monoisotopic (exact) mass is 416 g/mol. The fourth-order valence-corrected chi connectivity index (χ4v) is 3.31. The number of pyridine rings is 1. The summed E-state index contributed by atoms with van der Waals surface area (Å²) in [5, 5.41) is 20.7. The number of Topliss-reactive ketones (excluding diaryl/α,β-unsaturated/α-hetero) is 1. The zero-order valence-corrected chi connectivity index (χ0v) is 18.1. The number of ether oxygens (including phenoxy) is 1. The summed E-state index contributed by atoms with van der Waals surface area (Å²) in [7, 11) is 0. The van der Waals surface area contributed by atoms with Gasteiger partial charge in [-0.1, -0.05) is 24.9 Å². The minimum Gasteiger partial charge on any atom is -0.494 e. The molecule has 0 fully saturated rings. The highest BCUT2D eigenvalue weighted by Gasteiger charge is 2.28. The quantitative estimate of drug-likeness (QED) is 0.673. The second-order valence-electron chi connectivity index (χ2n) is 7.12. The van der Waals surface area contributed by atoms with Crippen molar-refractivity contribution in [1.29, 1.82) is 5.26 Å². The van der Waals surface area contributed by atoms with Gasteiger partial charge in [0.05, 0.1) is 5.56 Å². The number of carbonyl (C=O) groups excluding carboxylic acids is 1. The molecule has 1 N–H and O–H groups in total. The first-order valence-electron chi connectivity index (χ1n) is 9.48. The number of aryl methyl sites for hydroxylation is 2. The van der Waals surface area contributed by atoms with Gasteiger partial charge in [0.15, 0.2) is 6.10 Å². The van der Waals surface area contributed by atoms with Gasteiger partial charge in [-0.2, -0.15) is 5.26 Å². The number of aromatic hydroxyl groups is 1. The van der Waals surface area contributed by atoms with Gasteiger partial charge < -0.3 is 9.84 Å². The number of carbonyl (C=O) groups is 1. The molecule has 1 atom stereocenters. The van der Waals surface area contributed by atoms with Crippen molar-refractivity contribution in [3.8, 4) is 17.7 Å². The van der Waals surface area contributed by atoms with Gasteiger partial charge in [-0.25, -0.2) is 0 Å². The molecule has 1 unspecified atom stereocenters. The highest BCUT2D eigenvalue weighted by molar-refractivity contribution is 6.32. The number of benzene rings is 1. The van der Waals surface area contributed by atoms with Gasteiger partial charge in [0.1, 0.15) is 17.4 Å². The van der Waals surface area contributed by atoms with Crippen LogP contribution in [0.3, 0.4) is 0 Å². The summed E-state index contributed by atoms with van der Waals surface area (Å²) in [6, 6.07) is 5.32. The fourth-order valence-electron chi connectivity index (χ4n) is 3.20. The lowest BCUT2D eigenvalue weighted by Crippen LogP contribution is -2.31. The second-order valence-corrected chi connectivity index (χ2v) is 7.49. The maximum atomic E-state index is 13.1. The molecule has 1 heterocycles. The van der Waals surface area contributed by atoms with Crippen LogP contribution in [0.25, 0.3) is 0 Å². The Bertz CT molecular complexity index is 1030. The van der Waals surface area contributed by atoms with Gasteiger partial charge >= 0.3 is 0 Å². The van der Waals surface area contributed by atoms with E-state index in [4.69, 9.17) is 16.3 Å². The smallest absolute Gasteiger partial charge is 0.271 e. The van der Waals surface area contributed by atoms with Gasteiger partial charge in [-0.3, -0.25) is 14.2 Å². The molecule has 1 aromatic heterocycles. The van der Waals surface area contributed by atoms with Crippen LogP contribution in [0.4, 0.5) is 0 Å². The van der Waals surface area contributed by atoms with Crippen LogP contribution in [0.5, 0.6) is 11.6 Å². The van der Waals surface area contributed by atoms with Crippen LogP contribution >= 0.6 is 11.6 Å². The Labute approximate surface area is 175 Å². The van der Waals surface area contributed by atoms with E-state index in [1.165, 1.54) is 6.92 Å². The zero-order valence-electron chi connectivity index (χ0n) is 17.3. The van der Waals surface area contributed by atoms with Gasteiger partial charge in [0, 0.05) is 11.6 Å². The Morgan fingerprint density at radius 2 is 1.90 bits per heavy atom. The van der Waals surface area contributed by atoms with E-state index in [1.54, 1.807) is 19.1 Å². The molecule has 0 bridgehead atoms. The van der Waals surface area contributed by atoms with E-state index < -0.39 is 23.3 Å². The normalized spacial score (nSPS) is 11.8. The van der Waals surface area contributed by atoms with E-state index in [0.29, 0.717) is 17.2 Å². The molecule has 0 spiro atoms. The van der Waals surface area contributed by atoms with Crippen molar-refractivity contribution in [3.05, 3.63) is 55.3 Å². The van der Waals surface area contributed by atoms with Crippen molar-refractivity contribution < 1.29 is 14.6 Å². The molecule has 0 radical (unpaired) electrons. The lowest BCUT2D eigenvalue weighted by Gasteiger charge is -2.19. The number of ketones is 1. The predicted octanol–water partition coefficient (Wildman–Crippen LogP) is 4.45. The van der Waals surface area contributed by atoms with Crippen LogP contribution < -0.4 is 10.3 Å². The van der Waals surface area contributed by atoms with Crippen molar-refractivity contribution in [2.24, 2.45) is 0 Å². The van der Waals surface area contributed by atoms with Crippen LogP contribution in [0.15, 0.2) is 16.9 Å². The minimum absolute atomic E-state index is 0.0628. The Balaban J connectivity index is 2.49. The third kappa shape index (κ3) is 4.46. The van der Waals surface area contributed by atoms with Gasteiger partial charge in [0.2, 0.25) is 11.7 Å². The van der Waals surface area contributed by atoms with E-state index in [-0.39, 0.29) is 23.2 Å². The second kappa shape index (κ2) is 9.15. The fraction of sp³-hybridized carbons (Fsp3) is 0.409. The maximum absolute atomic E-state index is 13.1.